The highest BCUT2D eigenvalue weighted by atomic mass is 15.2. The van der Waals surface area contributed by atoms with Crippen LogP contribution in [0.1, 0.15) is 22.3 Å². The van der Waals surface area contributed by atoms with Crippen LogP contribution in [0.5, 0.6) is 0 Å². The first kappa shape index (κ1) is 17.9. The fourth-order valence-corrected chi connectivity index (χ4v) is 5.62. The molecule has 0 aromatic heterocycles. The van der Waals surface area contributed by atoms with Crippen molar-refractivity contribution in [3.8, 4) is 0 Å². The van der Waals surface area contributed by atoms with E-state index in [1.165, 1.54) is 55.2 Å². The highest BCUT2D eigenvalue weighted by Gasteiger charge is 2.27. The SMILES string of the molecule is c1ccc2c(N3Cc4cc5c(cc4C3)CN(c3cccc4ccccc34)C5)cccc2c1. The van der Waals surface area contributed by atoms with Crippen LogP contribution in [0.25, 0.3) is 21.5 Å². The highest BCUT2D eigenvalue weighted by Crippen LogP contribution is 2.38. The summed E-state index contributed by atoms with van der Waals surface area (Å²) in [4.78, 5) is 5.06. The third-order valence-electron chi connectivity index (χ3n) is 7.18. The molecule has 32 heavy (non-hydrogen) atoms. The summed E-state index contributed by atoms with van der Waals surface area (Å²) < 4.78 is 0. The van der Waals surface area contributed by atoms with E-state index in [2.05, 4.69) is 107 Å². The number of fused-ring (bicyclic) bond motifs is 4. The summed E-state index contributed by atoms with van der Waals surface area (Å²) in [6.45, 7) is 3.96. The Morgan fingerprint density at radius 3 is 1.22 bits per heavy atom. The lowest BCUT2D eigenvalue weighted by molar-refractivity contribution is 0.873. The van der Waals surface area contributed by atoms with E-state index in [4.69, 9.17) is 0 Å². The lowest BCUT2D eigenvalue weighted by atomic mass is 10.0. The van der Waals surface area contributed by atoms with Gasteiger partial charge in [0, 0.05) is 48.3 Å². The molecule has 2 heterocycles. The number of hydrogen-bond donors (Lipinski definition) is 0. The van der Waals surface area contributed by atoms with Gasteiger partial charge in [0.15, 0.2) is 0 Å². The molecule has 0 spiro atoms. The molecule has 0 saturated heterocycles. The summed E-state index contributed by atoms with van der Waals surface area (Å²) in [7, 11) is 0. The lowest BCUT2D eigenvalue weighted by Crippen LogP contribution is -2.15. The topological polar surface area (TPSA) is 6.48 Å². The summed E-state index contributed by atoms with van der Waals surface area (Å²) in [6, 6.07) is 35.7. The van der Waals surface area contributed by atoms with Crippen LogP contribution in [0.4, 0.5) is 11.4 Å². The van der Waals surface area contributed by atoms with Gasteiger partial charge in [-0.05, 0) is 45.2 Å². The van der Waals surface area contributed by atoms with Gasteiger partial charge in [0.05, 0.1) is 0 Å². The molecule has 2 aliphatic rings. The molecular weight excluding hydrogens is 388 g/mol. The van der Waals surface area contributed by atoms with Gasteiger partial charge in [-0.3, -0.25) is 0 Å². The Labute approximate surface area is 188 Å². The van der Waals surface area contributed by atoms with Crippen molar-refractivity contribution in [2.75, 3.05) is 9.80 Å². The van der Waals surface area contributed by atoms with Gasteiger partial charge < -0.3 is 9.80 Å². The van der Waals surface area contributed by atoms with Crippen molar-refractivity contribution in [3.05, 3.63) is 119 Å². The molecule has 7 rings (SSSR count). The molecule has 0 N–H and O–H groups in total. The minimum atomic E-state index is 0.991. The average molecular weight is 413 g/mol. The first-order chi connectivity index (χ1) is 15.8. The second kappa shape index (κ2) is 6.86. The summed E-state index contributed by atoms with van der Waals surface area (Å²) in [5.74, 6) is 0. The van der Waals surface area contributed by atoms with Crippen molar-refractivity contribution in [1.82, 2.24) is 0 Å². The maximum Gasteiger partial charge on any atom is 0.0451 e. The van der Waals surface area contributed by atoms with Crippen LogP contribution >= 0.6 is 0 Å². The Bertz CT molecular complexity index is 1340. The molecule has 0 atom stereocenters. The molecule has 5 aromatic carbocycles. The number of hydrogen-bond acceptors (Lipinski definition) is 2. The van der Waals surface area contributed by atoms with Gasteiger partial charge in [-0.2, -0.15) is 0 Å². The fraction of sp³-hybridized carbons (Fsp3) is 0.133. The van der Waals surface area contributed by atoms with Gasteiger partial charge in [-0.15, -0.1) is 0 Å². The molecule has 154 valence electrons. The van der Waals surface area contributed by atoms with Crippen molar-refractivity contribution in [2.45, 2.75) is 26.2 Å². The van der Waals surface area contributed by atoms with E-state index in [-0.39, 0.29) is 0 Å². The molecule has 2 aliphatic heterocycles. The van der Waals surface area contributed by atoms with Crippen molar-refractivity contribution in [2.24, 2.45) is 0 Å². The maximum atomic E-state index is 2.53. The van der Waals surface area contributed by atoms with Gasteiger partial charge in [0.2, 0.25) is 0 Å². The van der Waals surface area contributed by atoms with Crippen LogP contribution in [0.3, 0.4) is 0 Å². The fourth-order valence-electron chi connectivity index (χ4n) is 5.62. The van der Waals surface area contributed by atoms with Crippen LogP contribution in [0, 0.1) is 0 Å². The zero-order valence-electron chi connectivity index (χ0n) is 18.0. The molecule has 0 fully saturated rings. The monoisotopic (exact) mass is 412 g/mol. The van der Waals surface area contributed by atoms with Gasteiger partial charge in [-0.1, -0.05) is 84.9 Å². The van der Waals surface area contributed by atoms with Crippen molar-refractivity contribution in [3.63, 3.8) is 0 Å². The van der Waals surface area contributed by atoms with E-state index < -0.39 is 0 Å². The zero-order chi connectivity index (χ0) is 21.1. The molecule has 0 saturated carbocycles. The zero-order valence-corrected chi connectivity index (χ0v) is 18.0. The Hall–Kier alpha value is -3.78. The predicted octanol–water partition coefficient (Wildman–Crippen LogP) is 7.03. The van der Waals surface area contributed by atoms with E-state index in [1.807, 2.05) is 0 Å². The summed E-state index contributed by atoms with van der Waals surface area (Å²) in [5, 5.41) is 5.32. The third kappa shape index (κ3) is 2.73. The third-order valence-corrected chi connectivity index (χ3v) is 7.18. The highest BCUT2D eigenvalue weighted by molar-refractivity contribution is 5.95. The van der Waals surface area contributed by atoms with Crippen LogP contribution in [-0.4, -0.2) is 0 Å². The summed E-state index contributed by atoms with van der Waals surface area (Å²) in [6.07, 6.45) is 0. The van der Waals surface area contributed by atoms with Crippen molar-refractivity contribution >= 4 is 32.9 Å². The van der Waals surface area contributed by atoms with Crippen LogP contribution in [0.15, 0.2) is 97.1 Å². The molecule has 0 radical (unpaired) electrons. The van der Waals surface area contributed by atoms with Crippen molar-refractivity contribution < 1.29 is 0 Å². The second-order valence-corrected chi connectivity index (χ2v) is 9.10. The maximum absolute atomic E-state index is 2.53. The first-order valence-electron chi connectivity index (χ1n) is 11.4. The Balaban J connectivity index is 1.20. The quantitative estimate of drug-likeness (QED) is 0.307. The molecule has 0 aliphatic carbocycles. The molecule has 0 bridgehead atoms. The molecule has 2 nitrogen and oxygen atoms in total. The van der Waals surface area contributed by atoms with Gasteiger partial charge >= 0.3 is 0 Å². The molecule has 5 aromatic rings. The largest absolute Gasteiger partial charge is 0.362 e. The van der Waals surface area contributed by atoms with Gasteiger partial charge in [0.25, 0.3) is 0 Å². The molecule has 2 heteroatoms. The van der Waals surface area contributed by atoms with Crippen molar-refractivity contribution in [1.29, 1.82) is 0 Å². The van der Waals surface area contributed by atoms with Crippen LogP contribution < -0.4 is 9.80 Å². The van der Waals surface area contributed by atoms with E-state index in [0.717, 1.165) is 26.2 Å². The minimum Gasteiger partial charge on any atom is -0.362 e. The standard InChI is InChI=1S/C30H24N2/c1-3-11-27-21(7-1)9-5-13-29(27)31-17-23-15-25-19-32(20-26(25)16-24(23)18-31)30-14-6-10-22-8-2-4-12-28(22)30/h1-16H,17-20H2. The number of rotatable bonds is 2. The Kier molecular flexibility index (Phi) is 3.83. The van der Waals surface area contributed by atoms with E-state index in [9.17, 15) is 0 Å². The van der Waals surface area contributed by atoms with E-state index >= 15 is 0 Å². The molecule has 0 unspecified atom stereocenters. The smallest absolute Gasteiger partial charge is 0.0451 e. The van der Waals surface area contributed by atoms with E-state index in [0.29, 0.717) is 0 Å². The second-order valence-electron chi connectivity index (χ2n) is 9.10. The van der Waals surface area contributed by atoms with Gasteiger partial charge in [-0.25, -0.2) is 0 Å². The first-order valence-corrected chi connectivity index (χ1v) is 11.4. The lowest BCUT2D eigenvalue weighted by Gasteiger charge is -2.20. The summed E-state index contributed by atoms with van der Waals surface area (Å²) in [5.41, 5.74) is 8.62. The Morgan fingerprint density at radius 1 is 0.406 bits per heavy atom. The van der Waals surface area contributed by atoms with Crippen LogP contribution in [0.2, 0.25) is 0 Å². The average Bonchev–Trinajstić information content (AvgIpc) is 3.44. The normalized spacial score (nSPS) is 14.9. The minimum absolute atomic E-state index is 0.991. The number of anilines is 2. The Morgan fingerprint density at radius 2 is 0.781 bits per heavy atom. The van der Waals surface area contributed by atoms with E-state index in [1.54, 1.807) is 0 Å². The summed E-state index contributed by atoms with van der Waals surface area (Å²) >= 11 is 0. The molecular formula is C30H24N2. The van der Waals surface area contributed by atoms with Crippen LogP contribution in [-0.2, 0) is 26.2 Å². The molecule has 0 amide bonds. The number of benzene rings is 5. The predicted molar refractivity (Wildman–Crippen MR) is 134 cm³/mol. The van der Waals surface area contributed by atoms with Gasteiger partial charge in [0.1, 0.15) is 0 Å². The number of nitrogens with zero attached hydrogens (tertiary/aromatic N) is 2.